The second kappa shape index (κ2) is 7.48. The Bertz CT molecular complexity index is 920. The second-order valence-corrected chi connectivity index (χ2v) is 9.24. The van der Waals surface area contributed by atoms with Crippen molar-refractivity contribution >= 4 is 22.2 Å². The molecule has 8 heteroatoms. The molecule has 29 heavy (non-hydrogen) atoms. The summed E-state index contributed by atoms with van der Waals surface area (Å²) in [6.07, 6.45) is 7.98. The third-order valence-corrected chi connectivity index (χ3v) is 6.84. The van der Waals surface area contributed by atoms with Gasteiger partial charge in [0.05, 0.1) is 18.9 Å². The van der Waals surface area contributed by atoms with Crippen LogP contribution in [0.5, 0.6) is 11.5 Å². The van der Waals surface area contributed by atoms with Gasteiger partial charge in [0.25, 0.3) is 0 Å². The number of nitrogens with one attached hydrogen (secondary N) is 1. The van der Waals surface area contributed by atoms with Gasteiger partial charge in [-0.05, 0) is 63.6 Å². The summed E-state index contributed by atoms with van der Waals surface area (Å²) in [7, 11) is 1.67. The van der Waals surface area contributed by atoms with E-state index < -0.39 is 5.60 Å². The highest BCUT2D eigenvalue weighted by atomic mass is 32.1. The largest absolute Gasteiger partial charge is 0.493 e. The molecule has 2 saturated carbocycles. The minimum atomic E-state index is -0.594. The van der Waals surface area contributed by atoms with Crippen LogP contribution in [0.4, 0.5) is 5.13 Å². The molecule has 1 aliphatic heterocycles. The van der Waals surface area contributed by atoms with Gasteiger partial charge in [-0.2, -0.15) is 0 Å². The van der Waals surface area contributed by atoms with Gasteiger partial charge in [-0.25, -0.2) is 0 Å². The van der Waals surface area contributed by atoms with Gasteiger partial charge in [0.2, 0.25) is 5.13 Å². The van der Waals surface area contributed by atoms with Crippen LogP contribution in [0.25, 0.3) is 0 Å². The van der Waals surface area contributed by atoms with Gasteiger partial charge < -0.3 is 19.6 Å². The summed E-state index contributed by atoms with van der Waals surface area (Å²) in [5, 5.41) is 18.1. The summed E-state index contributed by atoms with van der Waals surface area (Å²) in [5.74, 6) is 1.53. The number of aromatic nitrogens is 2. The molecular weight excluding hydrogens is 388 g/mol. The molecular formula is C21H26N4O3S. The highest BCUT2D eigenvalue weighted by Gasteiger charge is 2.40. The lowest BCUT2D eigenvalue weighted by atomic mass is 9.96. The number of rotatable bonds is 7. The number of benzene rings is 1. The maximum absolute atomic E-state index is 6.23. The number of anilines is 1. The Balaban J connectivity index is 1.32. The molecule has 0 amide bonds. The molecule has 2 heterocycles. The van der Waals surface area contributed by atoms with Crippen molar-refractivity contribution in [2.45, 2.75) is 69.6 Å². The Kier molecular flexibility index (Phi) is 4.81. The zero-order valence-electron chi connectivity index (χ0n) is 16.8. The van der Waals surface area contributed by atoms with E-state index in [2.05, 4.69) is 20.7 Å². The normalized spacial score (nSPS) is 24.3. The molecule has 2 aromatic rings. The minimum absolute atomic E-state index is 0.268. The van der Waals surface area contributed by atoms with Crippen LogP contribution in [-0.4, -0.2) is 35.2 Å². The standard InChI is InChI=1S/C21H26N4O3S/c1-21(19-23-24-20(29-19)22-14-8-9-14)12-16(25-28-21)13-7-10-17(26-2)18(11-13)27-15-5-3-4-6-15/h7,10-11,14-15H,3-6,8-9,12H2,1-2H3,(H,22,24). The molecule has 1 aromatic carbocycles. The molecule has 1 atom stereocenters. The number of ether oxygens (including phenoxy) is 2. The Morgan fingerprint density at radius 3 is 2.72 bits per heavy atom. The fraction of sp³-hybridized carbons (Fsp3) is 0.571. The summed E-state index contributed by atoms with van der Waals surface area (Å²) in [4.78, 5) is 5.85. The van der Waals surface area contributed by atoms with Crippen molar-refractivity contribution in [3.63, 3.8) is 0 Å². The van der Waals surface area contributed by atoms with Gasteiger partial charge in [0, 0.05) is 18.0 Å². The third-order valence-electron chi connectivity index (χ3n) is 5.74. The monoisotopic (exact) mass is 414 g/mol. The van der Waals surface area contributed by atoms with Crippen LogP contribution in [-0.2, 0) is 10.4 Å². The molecule has 0 bridgehead atoms. The van der Waals surface area contributed by atoms with Gasteiger partial charge >= 0.3 is 0 Å². The fourth-order valence-electron chi connectivity index (χ4n) is 3.84. The van der Waals surface area contributed by atoms with E-state index in [-0.39, 0.29) is 6.10 Å². The molecule has 2 aliphatic carbocycles. The van der Waals surface area contributed by atoms with Gasteiger partial charge in [-0.3, -0.25) is 0 Å². The Morgan fingerprint density at radius 2 is 1.97 bits per heavy atom. The molecule has 0 spiro atoms. The molecule has 5 rings (SSSR count). The van der Waals surface area contributed by atoms with Crippen LogP contribution in [0.15, 0.2) is 23.4 Å². The molecule has 0 radical (unpaired) electrons. The van der Waals surface area contributed by atoms with E-state index in [0.29, 0.717) is 12.5 Å². The topological polar surface area (TPSA) is 77.9 Å². The molecule has 1 unspecified atom stereocenters. The highest BCUT2D eigenvalue weighted by molar-refractivity contribution is 7.15. The lowest BCUT2D eigenvalue weighted by Gasteiger charge is -2.18. The Labute approximate surface area is 174 Å². The van der Waals surface area contributed by atoms with Crippen LogP contribution >= 0.6 is 11.3 Å². The van der Waals surface area contributed by atoms with Crippen molar-refractivity contribution in [3.05, 3.63) is 28.8 Å². The molecule has 7 nitrogen and oxygen atoms in total. The maximum atomic E-state index is 6.23. The highest BCUT2D eigenvalue weighted by Crippen LogP contribution is 2.40. The summed E-state index contributed by atoms with van der Waals surface area (Å²) in [5.41, 5.74) is 1.28. The molecule has 3 aliphatic rings. The number of methoxy groups -OCH3 is 1. The third kappa shape index (κ3) is 3.90. The summed E-state index contributed by atoms with van der Waals surface area (Å²) < 4.78 is 11.7. The zero-order valence-corrected chi connectivity index (χ0v) is 17.6. The van der Waals surface area contributed by atoms with E-state index in [0.717, 1.165) is 45.8 Å². The summed E-state index contributed by atoms with van der Waals surface area (Å²) in [6, 6.07) is 6.53. The fourth-order valence-corrected chi connectivity index (χ4v) is 4.74. The van der Waals surface area contributed by atoms with E-state index >= 15 is 0 Å². The van der Waals surface area contributed by atoms with Crippen molar-refractivity contribution in [3.8, 4) is 11.5 Å². The average Bonchev–Trinajstić information content (AvgIpc) is 3.12. The second-order valence-electron chi connectivity index (χ2n) is 8.26. The number of hydrogen-bond donors (Lipinski definition) is 1. The Hall–Kier alpha value is -2.35. The van der Waals surface area contributed by atoms with Crippen LogP contribution in [0, 0.1) is 0 Å². The van der Waals surface area contributed by atoms with Crippen molar-refractivity contribution < 1.29 is 14.3 Å². The predicted octanol–water partition coefficient (Wildman–Crippen LogP) is 4.48. The van der Waals surface area contributed by atoms with Gasteiger partial charge in [-0.15, -0.1) is 10.2 Å². The first-order chi connectivity index (χ1) is 14.1. The van der Waals surface area contributed by atoms with E-state index in [1.54, 1.807) is 18.4 Å². The molecule has 1 N–H and O–H groups in total. The van der Waals surface area contributed by atoms with Crippen molar-refractivity contribution in [2.75, 3.05) is 12.4 Å². The first-order valence-electron chi connectivity index (χ1n) is 10.3. The SMILES string of the molecule is COc1ccc(C2=NOC(C)(c3nnc(NC4CC4)s3)C2)cc1OC1CCCC1. The minimum Gasteiger partial charge on any atom is -0.493 e. The Morgan fingerprint density at radius 1 is 1.14 bits per heavy atom. The van der Waals surface area contributed by atoms with Crippen molar-refractivity contribution in [2.24, 2.45) is 5.16 Å². The molecule has 0 saturated heterocycles. The molecule has 154 valence electrons. The van der Waals surface area contributed by atoms with E-state index in [4.69, 9.17) is 14.3 Å². The quantitative estimate of drug-likeness (QED) is 0.720. The lowest BCUT2D eigenvalue weighted by molar-refractivity contribution is -0.00800. The number of nitrogens with zero attached hydrogens (tertiary/aromatic N) is 3. The average molecular weight is 415 g/mol. The summed E-state index contributed by atoms with van der Waals surface area (Å²) >= 11 is 1.55. The van der Waals surface area contributed by atoms with Gasteiger partial charge in [0.1, 0.15) is 0 Å². The lowest BCUT2D eigenvalue weighted by Crippen LogP contribution is -2.22. The number of hydrogen-bond acceptors (Lipinski definition) is 8. The predicted molar refractivity (Wildman–Crippen MR) is 112 cm³/mol. The number of oxime groups is 1. The van der Waals surface area contributed by atoms with Crippen LogP contribution in [0.1, 0.15) is 62.4 Å². The van der Waals surface area contributed by atoms with Crippen LogP contribution in [0.2, 0.25) is 0 Å². The summed E-state index contributed by atoms with van der Waals surface area (Å²) in [6.45, 7) is 2.02. The van der Waals surface area contributed by atoms with Gasteiger partial charge in [0.15, 0.2) is 22.1 Å². The van der Waals surface area contributed by atoms with Crippen molar-refractivity contribution in [1.29, 1.82) is 0 Å². The van der Waals surface area contributed by atoms with E-state index in [1.807, 2.05) is 25.1 Å². The zero-order chi connectivity index (χ0) is 19.8. The van der Waals surface area contributed by atoms with E-state index in [1.165, 1.54) is 25.7 Å². The molecule has 1 aromatic heterocycles. The van der Waals surface area contributed by atoms with Crippen LogP contribution < -0.4 is 14.8 Å². The van der Waals surface area contributed by atoms with Crippen molar-refractivity contribution in [1.82, 2.24) is 10.2 Å². The maximum Gasteiger partial charge on any atom is 0.206 e. The van der Waals surface area contributed by atoms with E-state index in [9.17, 15) is 0 Å². The smallest absolute Gasteiger partial charge is 0.206 e. The first-order valence-corrected chi connectivity index (χ1v) is 11.2. The van der Waals surface area contributed by atoms with Gasteiger partial charge in [-0.1, -0.05) is 16.5 Å². The van der Waals surface area contributed by atoms with Crippen LogP contribution in [0.3, 0.4) is 0 Å². The molecule has 2 fully saturated rings. The first kappa shape index (κ1) is 18.7.